The van der Waals surface area contributed by atoms with E-state index in [1.54, 1.807) is 0 Å². The van der Waals surface area contributed by atoms with E-state index in [9.17, 15) is 4.79 Å². The molecule has 0 N–H and O–H groups in total. The van der Waals surface area contributed by atoms with Gasteiger partial charge in [-0.05, 0) is 52.9 Å². The van der Waals surface area contributed by atoms with E-state index in [4.69, 9.17) is 4.74 Å². The van der Waals surface area contributed by atoms with Crippen LogP contribution >= 0.6 is 0 Å². The summed E-state index contributed by atoms with van der Waals surface area (Å²) in [4.78, 5) is 15.7. The smallest absolute Gasteiger partial charge is 0.320 e. The quantitative estimate of drug-likeness (QED) is 0.652. The molecule has 0 aliphatic carbocycles. The maximum Gasteiger partial charge on any atom is 0.320 e. The molecule has 1 fully saturated rings. The second-order valence-corrected chi connectivity index (χ2v) is 4.79. The molecule has 1 aliphatic heterocycles. The SMILES string of the molecule is CCOC(=O)CN1CCC(CN(C)C)CC1. The van der Waals surface area contributed by atoms with Gasteiger partial charge in [0, 0.05) is 6.54 Å². The van der Waals surface area contributed by atoms with Crippen LogP contribution in [0.15, 0.2) is 0 Å². The molecule has 0 unspecified atom stereocenters. The van der Waals surface area contributed by atoms with Gasteiger partial charge >= 0.3 is 5.97 Å². The first-order valence-corrected chi connectivity index (χ1v) is 6.14. The highest BCUT2D eigenvalue weighted by molar-refractivity contribution is 5.71. The summed E-state index contributed by atoms with van der Waals surface area (Å²) in [5, 5.41) is 0. The van der Waals surface area contributed by atoms with Crippen molar-refractivity contribution >= 4 is 5.97 Å². The Kier molecular flexibility index (Phi) is 5.77. The van der Waals surface area contributed by atoms with Crippen molar-refractivity contribution in [1.82, 2.24) is 9.80 Å². The Morgan fingerprint density at radius 3 is 2.50 bits per heavy atom. The minimum atomic E-state index is -0.0893. The first-order valence-electron chi connectivity index (χ1n) is 6.14. The van der Waals surface area contributed by atoms with Crippen molar-refractivity contribution < 1.29 is 9.53 Å². The van der Waals surface area contributed by atoms with E-state index in [0.29, 0.717) is 13.2 Å². The number of piperidine rings is 1. The Hall–Kier alpha value is -0.610. The van der Waals surface area contributed by atoms with E-state index in [-0.39, 0.29) is 5.97 Å². The molecule has 0 aromatic heterocycles. The van der Waals surface area contributed by atoms with Gasteiger partial charge in [0.25, 0.3) is 0 Å². The van der Waals surface area contributed by atoms with Crippen LogP contribution in [0.4, 0.5) is 0 Å². The molecule has 0 atom stereocenters. The van der Waals surface area contributed by atoms with Gasteiger partial charge in [0.05, 0.1) is 13.2 Å². The van der Waals surface area contributed by atoms with Crippen LogP contribution in [0.5, 0.6) is 0 Å². The van der Waals surface area contributed by atoms with Crippen molar-refractivity contribution in [3.8, 4) is 0 Å². The number of ether oxygens (including phenoxy) is 1. The molecule has 94 valence electrons. The van der Waals surface area contributed by atoms with Crippen molar-refractivity contribution in [3.63, 3.8) is 0 Å². The lowest BCUT2D eigenvalue weighted by Crippen LogP contribution is -2.40. The number of hydrogen-bond acceptors (Lipinski definition) is 4. The van der Waals surface area contributed by atoms with Gasteiger partial charge in [0.15, 0.2) is 0 Å². The zero-order chi connectivity index (χ0) is 12.0. The number of carbonyl (C=O) groups is 1. The number of rotatable bonds is 5. The molecule has 1 aliphatic rings. The molecule has 0 aromatic carbocycles. The molecule has 0 radical (unpaired) electrons. The highest BCUT2D eigenvalue weighted by atomic mass is 16.5. The first kappa shape index (κ1) is 13.5. The van der Waals surface area contributed by atoms with Gasteiger partial charge in [-0.3, -0.25) is 9.69 Å². The average Bonchev–Trinajstić information content (AvgIpc) is 2.20. The van der Waals surface area contributed by atoms with Crippen LogP contribution < -0.4 is 0 Å². The summed E-state index contributed by atoms with van der Waals surface area (Å²) >= 11 is 0. The summed E-state index contributed by atoms with van der Waals surface area (Å²) in [5.74, 6) is 0.696. The van der Waals surface area contributed by atoms with Crippen molar-refractivity contribution in [2.75, 3.05) is 46.9 Å². The molecule has 4 nitrogen and oxygen atoms in total. The van der Waals surface area contributed by atoms with Gasteiger partial charge in [-0.2, -0.15) is 0 Å². The number of likely N-dealkylation sites (tertiary alicyclic amines) is 1. The summed E-state index contributed by atoms with van der Waals surface area (Å²) in [6.07, 6.45) is 2.38. The van der Waals surface area contributed by atoms with E-state index in [1.807, 2.05) is 6.92 Å². The normalized spacial score (nSPS) is 19.0. The summed E-state index contributed by atoms with van der Waals surface area (Å²) in [6.45, 7) is 6.00. The van der Waals surface area contributed by atoms with Gasteiger partial charge < -0.3 is 9.64 Å². The number of carbonyl (C=O) groups excluding carboxylic acids is 1. The van der Waals surface area contributed by atoms with Gasteiger partial charge in [-0.15, -0.1) is 0 Å². The number of nitrogens with zero attached hydrogens (tertiary/aromatic N) is 2. The van der Waals surface area contributed by atoms with E-state index in [0.717, 1.165) is 25.6 Å². The standard InChI is InChI=1S/C12H24N2O2/c1-4-16-12(15)10-14-7-5-11(6-8-14)9-13(2)3/h11H,4-10H2,1-3H3. The van der Waals surface area contributed by atoms with Gasteiger partial charge in [0.2, 0.25) is 0 Å². The van der Waals surface area contributed by atoms with E-state index in [1.165, 1.54) is 12.8 Å². The molecule has 0 amide bonds. The highest BCUT2D eigenvalue weighted by Gasteiger charge is 2.21. The average molecular weight is 228 g/mol. The third kappa shape index (κ3) is 4.94. The Balaban J connectivity index is 2.19. The first-order chi connectivity index (χ1) is 7.61. The largest absolute Gasteiger partial charge is 0.465 e. The lowest BCUT2D eigenvalue weighted by Gasteiger charge is -2.32. The minimum absolute atomic E-state index is 0.0893. The van der Waals surface area contributed by atoms with Crippen LogP contribution in [0.3, 0.4) is 0 Å². The third-order valence-corrected chi connectivity index (χ3v) is 2.99. The Labute approximate surface area is 98.5 Å². The van der Waals surface area contributed by atoms with Crippen molar-refractivity contribution in [2.24, 2.45) is 5.92 Å². The monoisotopic (exact) mass is 228 g/mol. The fourth-order valence-corrected chi connectivity index (χ4v) is 2.23. The molecular weight excluding hydrogens is 204 g/mol. The molecule has 1 saturated heterocycles. The molecule has 0 spiro atoms. The molecule has 4 heteroatoms. The van der Waals surface area contributed by atoms with E-state index < -0.39 is 0 Å². The fourth-order valence-electron chi connectivity index (χ4n) is 2.23. The summed E-state index contributed by atoms with van der Waals surface area (Å²) in [7, 11) is 4.23. The topological polar surface area (TPSA) is 32.8 Å². The third-order valence-electron chi connectivity index (χ3n) is 2.99. The molecular formula is C12H24N2O2. The predicted molar refractivity (Wildman–Crippen MR) is 64.4 cm³/mol. The molecule has 0 bridgehead atoms. The van der Waals surface area contributed by atoms with Crippen LogP contribution in [0.25, 0.3) is 0 Å². The van der Waals surface area contributed by atoms with Crippen molar-refractivity contribution in [1.29, 1.82) is 0 Å². The summed E-state index contributed by atoms with van der Waals surface area (Å²) < 4.78 is 4.95. The van der Waals surface area contributed by atoms with Gasteiger partial charge in [0.1, 0.15) is 0 Å². The van der Waals surface area contributed by atoms with Crippen molar-refractivity contribution in [3.05, 3.63) is 0 Å². The lowest BCUT2D eigenvalue weighted by atomic mass is 9.96. The number of esters is 1. The Morgan fingerprint density at radius 1 is 1.38 bits per heavy atom. The predicted octanol–water partition coefficient (Wildman–Crippen LogP) is 0.823. The molecule has 0 aromatic rings. The lowest BCUT2D eigenvalue weighted by molar-refractivity contribution is -0.144. The molecule has 1 heterocycles. The Bertz CT molecular complexity index is 211. The van der Waals surface area contributed by atoms with Crippen molar-refractivity contribution in [2.45, 2.75) is 19.8 Å². The van der Waals surface area contributed by atoms with Crippen LogP contribution in [-0.4, -0.2) is 62.7 Å². The molecule has 1 rings (SSSR count). The maximum absolute atomic E-state index is 11.3. The van der Waals surface area contributed by atoms with Crippen LogP contribution in [-0.2, 0) is 9.53 Å². The zero-order valence-electron chi connectivity index (χ0n) is 10.7. The Morgan fingerprint density at radius 2 is 2.00 bits per heavy atom. The molecule has 16 heavy (non-hydrogen) atoms. The minimum Gasteiger partial charge on any atom is -0.465 e. The highest BCUT2D eigenvalue weighted by Crippen LogP contribution is 2.17. The van der Waals surface area contributed by atoms with Crippen LogP contribution in [0.1, 0.15) is 19.8 Å². The van der Waals surface area contributed by atoms with Crippen LogP contribution in [0.2, 0.25) is 0 Å². The van der Waals surface area contributed by atoms with Crippen LogP contribution in [0, 0.1) is 5.92 Å². The van der Waals surface area contributed by atoms with Gasteiger partial charge in [-0.1, -0.05) is 0 Å². The van der Waals surface area contributed by atoms with E-state index >= 15 is 0 Å². The van der Waals surface area contributed by atoms with Gasteiger partial charge in [-0.25, -0.2) is 0 Å². The maximum atomic E-state index is 11.3. The second kappa shape index (κ2) is 6.86. The summed E-state index contributed by atoms with van der Waals surface area (Å²) in [5.41, 5.74) is 0. The summed E-state index contributed by atoms with van der Waals surface area (Å²) in [6, 6.07) is 0. The fraction of sp³-hybridized carbons (Fsp3) is 0.917. The number of hydrogen-bond donors (Lipinski definition) is 0. The second-order valence-electron chi connectivity index (χ2n) is 4.79. The zero-order valence-corrected chi connectivity index (χ0v) is 10.7. The van der Waals surface area contributed by atoms with E-state index in [2.05, 4.69) is 23.9 Å². The molecule has 0 saturated carbocycles.